The van der Waals surface area contributed by atoms with E-state index in [4.69, 9.17) is 4.74 Å². The molecule has 100 valence electrons. The van der Waals surface area contributed by atoms with Crippen LogP contribution in [-0.2, 0) is 4.74 Å². The largest absolute Gasteiger partial charge is 0.378 e. The van der Waals surface area contributed by atoms with E-state index in [9.17, 15) is 0 Å². The first-order valence-electron chi connectivity index (χ1n) is 7.39. The van der Waals surface area contributed by atoms with Crippen molar-refractivity contribution in [3.63, 3.8) is 0 Å². The van der Waals surface area contributed by atoms with Crippen LogP contribution >= 0.6 is 0 Å². The van der Waals surface area contributed by atoms with Gasteiger partial charge in [-0.2, -0.15) is 0 Å². The van der Waals surface area contributed by atoms with Crippen molar-refractivity contribution in [1.82, 2.24) is 10.2 Å². The Kier molecular flexibility index (Phi) is 5.26. The maximum atomic E-state index is 5.64. The topological polar surface area (TPSA) is 24.5 Å². The lowest BCUT2D eigenvalue weighted by molar-refractivity contribution is -0.0533. The number of piperidine rings is 1. The molecule has 1 saturated heterocycles. The number of rotatable bonds is 6. The van der Waals surface area contributed by atoms with Gasteiger partial charge in [-0.05, 0) is 64.7 Å². The summed E-state index contributed by atoms with van der Waals surface area (Å²) in [6, 6.07) is 0.826. The van der Waals surface area contributed by atoms with E-state index in [0.717, 1.165) is 25.1 Å². The monoisotopic (exact) mass is 240 g/mol. The highest BCUT2D eigenvalue weighted by atomic mass is 16.5. The van der Waals surface area contributed by atoms with Crippen LogP contribution in [0.25, 0.3) is 0 Å². The minimum absolute atomic E-state index is 0.560. The minimum Gasteiger partial charge on any atom is -0.378 e. The quantitative estimate of drug-likeness (QED) is 0.767. The molecular formula is C14H28N2O. The third kappa shape index (κ3) is 3.67. The van der Waals surface area contributed by atoms with Gasteiger partial charge < -0.3 is 15.0 Å². The van der Waals surface area contributed by atoms with Gasteiger partial charge in [0, 0.05) is 12.6 Å². The van der Waals surface area contributed by atoms with Crippen molar-refractivity contribution in [1.29, 1.82) is 0 Å². The number of hydrogen-bond donors (Lipinski definition) is 1. The molecule has 2 aliphatic rings. The molecule has 3 heteroatoms. The van der Waals surface area contributed by atoms with Crippen LogP contribution in [0.15, 0.2) is 0 Å². The Hall–Kier alpha value is -0.120. The summed E-state index contributed by atoms with van der Waals surface area (Å²) < 4.78 is 5.64. The van der Waals surface area contributed by atoms with Crippen molar-refractivity contribution in [2.75, 3.05) is 32.8 Å². The lowest BCUT2D eigenvalue weighted by atomic mass is 9.85. The summed E-state index contributed by atoms with van der Waals surface area (Å²) in [6.45, 7) is 10.1. The highest BCUT2D eigenvalue weighted by Gasteiger charge is 2.35. The zero-order valence-corrected chi connectivity index (χ0v) is 11.5. The Balaban J connectivity index is 1.60. The van der Waals surface area contributed by atoms with Crippen LogP contribution in [-0.4, -0.2) is 49.8 Å². The molecule has 3 nitrogen and oxygen atoms in total. The minimum atomic E-state index is 0.560. The van der Waals surface area contributed by atoms with Crippen molar-refractivity contribution >= 4 is 0 Å². The maximum Gasteiger partial charge on any atom is 0.0604 e. The lowest BCUT2D eigenvalue weighted by Crippen LogP contribution is -2.51. The summed E-state index contributed by atoms with van der Waals surface area (Å²) >= 11 is 0. The molecule has 0 aromatic rings. The fourth-order valence-electron chi connectivity index (χ4n) is 3.08. The third-order valence-corrected chi connectivity index (χ3v) is 4.32. The first-order chi connectivity index (χ1) is 8.33. The maximum absolute atomic E-state index is 5.64. The Morgan fingerprint density at radius 2 is 1.88 bits per heavy atom. The van der Waals surface area contributed by atoms with Crippen molar-refractivity contribution in [2.45, 2.75) is 51.7 Å². The Morgan fingerprint density at radius 1 is 1.18 bits per heavy atom. The van der Waals surface area contributed by atoms with E-state index < -0.39 is 0 Å². The van der Waals surface area contributed by atoms with Crippen LogP contribution in [0.1, 0.15) is 39.5 Å². The average molecular weight is 240 g/mol. The highest BCUT2D eigenvalue weighted by molar-refractivity contribution is 4.90. The molecule has 2 rings (SSSR count). The van der Waals surface area contributed by atoms with Crippen molar-refractivity contribution in [3.8, 4) is 0 Å². The molecule has 1 aliphatic carbocycles. The van der Waals surface area contributed by atoms with Crippen molar-refractivity contribution in [3.05, 3.63) is 0 Å². The standard InChI is InChI=1S/C14H28N2O/c1-3-15-11-12-5-7-16(8-6-12)13-9-14(10-13)17-4-2/h12-15H,3-11H2,1-2H3. The van der Waals surface area contributed by atoms with E-state index in [0.29, 0.717) is 6.10 Å². The number of likely N-dealkylation sites (tertiary alicyclic amines) is 1. The molecule has 0 unspecified atom stereocenters. The van der Waals surface area contributed by atoms with Crippen LogP contribution in [0.2, 0.25) is 0 Å². The molecule has 1 aliphatic heterocycles. The second-order valence-corrected chi connectivity index (χ2v) is 5.49. The van der Waals surface area contributed by atoms with E-state index in [1.807, 2.05) is 0 Å². The molecule has 0 aromatic carbocycles. The van der Waals surface area contributed by atoms with Gasteiger partial charge in [0.1, 0.15) is 0 Å². The van der Waals surface area contributed by atoms with Gasteiger partial charge in [0.15, 0.2) is 0 Å². The normalized spacial score (nSPS) is 31.4. The smallest absolute Gasteiger partial charge is 0.0604 e. The van der Waals surface area contributed by atoms with Crippen LogP contribution in [0.3, 0.4) is 0 Å². The fraction of sp³-hybridized carbons (Fsp3) is 1.00. The fourth-order valence-corrected chi connectivity index (χ4v) is 3.08. The second-order valence-electron chi connectivity index (χ2n) is 5.49. The zero-order valence-electron chi connectivity index (χ0n) is 11.5. The molecule has 0 aromatic heterocycles. The van der Waals surface area contributed by atoms with E-state index in [1.165, 1.54) is 45.3 Å². The molecule has 2 fully saturated rings. The van der Waals surface area contributed by atoms with Gasteiger partial charge >= 0.3 is 0 Å². The molecule has 0 spiro atoms. The first kappa shape index (κ1) is 13.3. The summed E-state index contributed by atoms with van der Waals surface area (Å²) in [6.07, 6.45) is 5.85. The summed E-state index contributed by atoms with van der Waals surface area (Å²) in [5, 5.41) is 3.48. The summed E-state index contributed by atoms with van der Waals surface area (Å²) in [4.78, 5) is 2.69. The van der Waals surface area contributed by atoms with Crippen LogP contribution < -0.4 is 5.32 Å². The van der Waals surface area contributed by atoms with Gasteiger partial charge in [-0.3, -0.25) is 0 Å². The van der Waals surface area contributed by atoms with E-state index in [-0.39, 0.29) is 0 Å². The SMILES string of the molecule is CCNCC1CCN(C2CC(OCC)C2)CC1. The van der Waals surface area contributed by atoms with Crippen LogP contribution in [0.5, 0.6) is 0 Å². The number of nitrogens with zero attached hydrogens (tertiary/aromatic N) is 1. The lowest BCUT2D eigenvalue weighted by Gasteiger charge is -2.45. The van der Waals surface area contributed by atoms with Gasteiger partial charge in [0.2, 0.25) is 0 Å². The molecule has 1 saturated carbocycles. The van der Waals surface area contributed by atoms with Gasteiger partial charge in [-0.25, -0.2) is 0 Å². The molecule has 0 bridgehead atoms. The highest BCUT2D eigenvalue weighted by Crippen LogP contribution is 2.31. The molecule has 0 radical (unpaired) electrons. The average Bonchev–Trinajstić information content (AvgIpc) is 2.32. The summed E-state index contributed by atoms with van der Waals surface area (Å²) in [5.41, 5.74) is 0. The Labute approximate surface area is 106 Å². The van der Waals surface area contributed by atoms with Gasteiger partial charge in [-0.15, -0.1) is 0 Å². The van der Waals surface area contributed by atoms with Crippen LogP contribution in [0.4, 0.5) is 0 Å². The van der Waals surface area contributed by atoms with E-state index >= 15 is 0 Å². The molecule has 1 N–H and O–H groups in total. The molecule has 0 atom stereocenters. The Morgan fingerprint density at radius 3 is 2.47 bits per heavy atom. The second kappa shape index (κ2) is 6.72. The molecule has 1 heterocycles. The van der Waals surface area contributed by atoms with Crippen molar-refractivity contribution in [2.24, 2.45) is 5.92 Å². The zero-order chi connectivity index (χ0) is 12.1. The predicted molar refractivity (Wildman–Crippen MR) is 71.3 cm³/mol. The Bertz CT molecular complexity index is 208. The van der Waals surface area contributed by atoms with Crippen molar-refractivity contribution < 1.29 is 4.74 Å². The molecule has 0 amide bonds. The molecule has 17 heavy (non-hydrogen) atoms. The van der Waals surface area contributed by atoms with Crippen LogP contribution in [0, 0.1) is 5.92 Å². The third-order valence-electron chi connectivity index (χ3n) is 4.32. The van der Waals surface area contributed by atoms with E-state index in [2.05, 4.69) is 24.1 Å². The van der Waals surface area contributed by atoms with Gasteiger partial charge in [0.25, 0.3) is 0 Å². The van der Waals surface area contributed by atoms with Gasteiger partial charge in [0.05, 0.1) is 6.10 Å². The number of ether oxygens (including phenoxy) is 1. The first-order valence-corrected chi connectivity index (χ1v) is 7.39. The number of nitrogens with one attached hydrogen (secondary N) is 1. The molecular weight excluding hydrogens is 212 g/mol. The summed E-state index contributed by atoms with van der Waals surface area (Å²) in [7, 11) is 0. The van der Waals surface area contributed by atoms with Gasteiger partial charge in [-0.1, -0.05) is 6.92 Å². The number of hydrogen-bond acceptors (Lipinski definition) is 3. The van der Waals surface area contributed by atoms with E-state index in [1.54, 1.807) is 0 Å². The predicted octanol–water partition coefficient (Wildman–Crippen LogP) is 1.88. The summed E-state index contributed by atoms with van der Waals surface area (Å²) in [5.74, 6) is 0.911.